The Kier molecular flexibility index (Phi) is 4.20. The van der Waals surface area contributed by atoms with Crippen molar-refractivity contribution < 1.29 is 4.74 Å². The van der Waals surface area contributed by atoms with Gasteiger partial charge in [-0.1, -0.05) is 30.6 Å². The predicted molar refractivity (Wildman–Crippen MR) is 99.7 cm³/mol. The summed E-state index contributed by atoms with van der Waals surface area (Å²) in [6.45, 7) is 6.82. The highest BCUT2D eigenvalue weighted by Gasteiger charge is 2.53. The molecular weight excluding hydrogens is 294 g/mol. The van der Waals surface area contributed by atoms with Crippen molar-refractivity contribution in [1.29, 1.82) is 0 Å². The molecule has 1 aromatic carbocycles. The lowest BCUT2D eigenvalue weighted by Crippen LogP contribution is -2.60. The van der Waals surface area contributed by atoms with E-state index >= 15 is 0 Å². The minimum Gasteiger partial charge on any atom is -0.497 e. The SMILES string of the molecule is COc1ccc2c(c1)[C@@]13CCCC[C@H]1[C@H](C2)N(CC=C(C)C)CC3. The van der Waals surface area contributed by atoms with Crippen LogP contribution < -0.4 is 4.74 Å². The number of likely N-dealkylation sites (tertiary alicyclic amines) is 1. The van der Waals surface area contributed by atoms with Gasteiger partial charge in [0.05, 0.1) is 7.11 Å². The number of allylic oxidation sites excluding steroid dienone is 1. The molecule has 2 bridgehead atoms. The van der Waals surface area contributed by atoms with E-state index in [1.165, 1.54) is 50.6 Å². The number of benzene rings is 1. The number of rotatable bonds is 3. The average Bonchev–Trinajstić information content (AvgIpc) is 2.60. The molecule has 0 N–H and O–H groups in total. The van der Waals surface area contributed by atoms with Crippen LogP contribution in [0.5, 0.6) is 5.75 Å². The van der Waals surface area contributed by atoms with Crippen LogP contribution in [0, 0.1) is 5.92 Å². The number of fused-ring (bicyclic) bond motifs is 1. The number of piperidine rings is 1. The Morgan fingerprint density at radius 1 is 1.29 bits per heavy atom. The molecule has 0 aromatic heterocycles. The van der Waals surface area contributed by atoms with Gasteiger partial charge in [0.2, 0.25) is 0 Å². The molecule has 1 aliphatic heterocycles. The Labute approximate surface area is 146 Å². The number of ether oxygens (including phenoxy) is 1. The second-order valence-electron chi connectivity index (χ2n) is 8.33. The van der Waals surface area contributed by atoms with Crippen molar-refractivity contribution in [3.8, 4) is 5.75 Å². The summed E-state index contributed by atoms with van der Waals surface area (Å²) in [5, 5.41) is 0. The van der Waals surface area contributed by atoms with Crippen molar-refractivity contribution in [2.24, 2.45) is 5.92 Å². The van der Waals surface area contributed by atoms with E-state index in [9.17, 15) is 0 Å². The van der Waals surface area contributed by atoms with Gasteiger partial charge >= 0.3 is 0 Å². The number of methoxy groups -OCH3 is 1. The van der Waals surface area contributed by atoms with Gasteiger partial charge in [-0.05, 0) is 75.3 Å². The second-order valence-corrected chi connectivity index (χ2v) is 8.33. The van der Waals surface area contributed by atoms with Crippen LogP contribution in [0.2, 0.25) is 0 Å². The fraction of sp³-hybridized carbons (Fsp3) is 0.636. The summed E-state index contributed by atoms with van der Waals surface area (Å²) in [6.07, 6.45) is 10.6. The third-order valence-electron chi connectivity index (χ3n) is 6.89. The summed E-state index contributed by atoms with van der Waals surface area (Å²) in [5.41, 5.74) is 5.08. The Hall–Kier alpha value is -1.28. The van der Waals surface area contributed by atoms with E-state index in [-0.39, 0.29) is 0 Å². The van der Waals surface area contributed by atoms with Crippen molar-refractivity contribution in [3.05, 3.63) is 41.0 Å². The molecule has 24 heavy (non-hydrogen) atoms. The van der Waals surface area contributed by atoms with E-state index in [1.54, 1.807) is 18.2 Å². The van der Waals surface area contributed by atoms with Gasteiger partial charge in [-0.25, -0.2) is 0 Å². The highest BCUT2D eigenvalue weighted by atomic mass is 16.5. The largest absolute Gasteiger partial charge is 0.497 e. The minimum absolute atomic E-state index is 0.423. The standard InChI is InChI=1S/C22H31NO/c1-16(2)9-12-23-13-11-22-10-5-4-6-19(22)21(23)14-17-7-8-18(24-3)15-20(17)22/h7-9,15,19,21H,4-6,10-14H2,1-3H3/t19-,21-,22+/m0/s1. The van der Waals surface area contributed by atoms with Crippen LogP contribution in [0.25, 0.3) is 0 Å². The predicted octanol–water partition coefficient (Wildman–Crippen LogP) is 4.72. The van der Waals surface area contributed by atoms with Crippen LogP contribution in [0.1, 0.15) is 57.1 Å². The smallest absolute Gasteiger partial charge is 0.119 e. The van der Waals surface area contributed by atoms with Gasteiger partial charge in [-0.3, -0.25) is 4.90 Å². The molecule has 3 atom stereocenters. The first-order chi connectivity index (χ1) is 11.6. The fourth-order valence-corrected chi connectivity index (χ4v) is 5.72. The summed E-state index contributed by atoms with van der Waals surface area (Å²) in [5.74, 6) is 1.88. The maximum atomic E-state index is 5.56. The van der Waals surface area contributed by atoms with E-state index in [1.807, 2.05) is 0 Å². The van der Waals surface area contributed by atoms with Crippen molar-refractivity contribution in [2.75, 3.05) is 20.2 Å². The summed E-state index contributed by atoms with van der Waals surface area (Å²) < 4.78 is 5.56. The molecule has 130 valence electrons. The Bertz CT molecular complexity index is 645. The van der Waals surface area contributed by atoms with Crippen LogP contribution in [-0.2, 0) is 11.8 Å². The topological polar surface area (TPSA) is 12.5 Å². The maximum Gasteiger partial charge on any atom is 0.119 e. The van der Waals surface area contributed by atoms with Gasteiger partial charge in [-0.2, -0.15) is 0 Å². The molecular formula is C22H31NO. The van der Waals surface area contributed by atoms with Gasteiger partial charge in [-0.15, -0.1) is 0 Å². The summed E-state index contributed by atoms with van der Waals surface area (Å²) in [4.78, 5) is 2.77. The molecule has 0 spiro atoms. The molecule has 1 saturated carbocycles. The van der Waals surface area contributed by atoms with Crippen LogP contribution in [0.3, 0.4) is 0 Å². The van der Waals surface area contributed by atoms with E-state index in [0.717, 1.165) is 24.3 Å². The van der Waals surface area contributed by atoms with Crippen molar-refractivity contribution in [3.63, 3.8) is 0 Å². The van der Waals surface area contributed by atoms with Gasteiger partial charge < -0.3 is 4.74 Å². The lowest BCUT2D eigenvalue weighted by atomic mass is 9.52. The molecule has 1 heterocycles. The zero-order valence-electron chi connectivity index (χ0n) is 15.5. The molecule has 0 unspecified atom stereocenters. The molecule has 4 rings (SSSR count). The van der Waals surface area contributed by atoms with Crippen molar-refractivity contribution in [2.45, 2.75) is 63.8 Å². The minimum atomic E-state index is 0.423. The molecule has 3 aliphatic rings. The summed E-state index contributed by atoms with van der Waals surface area (Å²) in [6, 6.07) is 7.61. The van der Waals surface area contributed by atoms with Gasteiger partial charge in [0.1, 0.15) is 5.75 Å². The molecule has 2 fully saturated rings. The van der Waals surface area contributed by atoms with Crippen LogP contribution in [0.15, 0.2) is 29.8 Å². The third-order valence-corrected chi connectivity index (χ3v) is 6.89. The molecule has 2 heteroatoms. The highest BCUT2D eigenvalue weighted by Crippen LogP contribution is 2.56. The second kappa shape index (κ2) is 6.22. The zero-order chi connectivity index (χ0) is 16.7. The molecule has 0 amide bonds. The van der Waals surface area contributed by atoms with E-state index in [2.05, 4.69) is 43.0 Å². The Morgan fingerprint density at radius 2 is 2.17 bits per heavy atom. The van der Waals surface area contributed by atoms with Crippen LogP contribution in [-0.4, -0.2) is 31.1 Å². The Morgan fingerprint density at radius 3 is 2.96 bits per heavy atom. The fourth-order valence-electron chi connectivity index (χ4n) is 5.72. The van der Waals surface area contributed by atoms with E-state index in [0.29, 0.717) is 5.41 Å². The number of hydrogen-bond donors (Lipinski definition) is 0. The first-order valence-corrected chi connectivity index (χ1v) is 9.69. The van der Waals surface area contributed by atoms with Crippen molar-refractivity contribution in [1.82, 2.24) is 4.90 Å². The quantitative estimate of drug-likeness (QED) is 0.746. The molecule has 2 aliphatic carbocycles. The lowest BCUT2D eigenvalue weighted by Gasteiger charge is -2.59. The first-order valence-electron chi connectivity index (χ1n) is 9.69. The lowest BCUT2D eigenvalue weighted by molar-refractivity contribution is -0.00528. The van der Waals surface area contributed by atoms with Crippen molar-refractivity contribution >= 4 is 0 Å². The maximum absolute atomic E-state index is 5.56. The van der Waals surface area contributed by atoms with E-state index < -0.39 is 0 Å². The van der Waals surface area contributed by atoms with E-state index in [4.69, 9.17) is 4.74 Å². The van der Waals surface area contributed by atoms with Gasteiger partial charge in [0.15, 0.2) is 0 Å². The third kappa shape index (κ3) is 2.50. The highest BCUT2D eigenvalue weighted by molar-refractivity contribution is 5.45. The van der Waals surface area contributed by atoms with Gasteiger partial charge in [0.25, 0.3) is 0 Å². The van der Waals surface area contributed by atoms with Crippen LogP contribution in [0.4, 0.5) is 0 Å². The Balaban J connectivity index is 1.74. The number of nitrogens with zero attached hydrogens (tertiary/aromatic N) is 1. The van der Waals surface area contributed by atoms with Crippen LogP contribution >= 0.6 is 0 Å². The molecule has 1 saturated heterocycles. The molecule has 0 radical (unpaired) electrons. The molecule has 1 aromatic rings. The monoisotopic (exact) mass is 325 g/mol. The number of hydrogen-bond acceptors (Lipinski definition) is 2. The average molecular weight is 325 g/mol. The molecule has 2 nitrogen and oxygen atoms in total. The summed E-state index contributed by atoms with van der Waals surface area (Å²) >= 11 is 0. The van der Waals surface area contributed by atoms with Gasteiger partial charge in [0, 0.05) is 18.0 Å². The first kappa shape index (κ1) is 16.2. The summed E-state index contributed by atoms with van der Waals surface area (Å²) in [7, 11) is 1.80. The zero-order valence-corrected chi connectivity index (χ0v) is 15.5. The normalized spacial score (nSPS) is 31.8.